The van der Waals surface area contributed by atoms with Crippen molar-refractivity contribution in [3.63, 3.8) is 0 Å². The Balaban J connectivity index is 1.45. The maximum Gasteiger partial charge on any atom is 0.264 e. The van der Waals surface area contributed by atoms with E-state index in [4.69, 9.17) is 4.74 Å². The molecule has 0 aliphatic carbocycles. The number of anilines is 2. The van der Waals surface area contributed by atoms with Crippen LogP contribution in [0.2, 0.25) is 0 Å². The molecule has 8 heteroatoms. The number of aryl methyl sites for hydroxylation is 1. The molecule has 7 nitrogen and oxygen atoms in total. The van der Waals surface area contributed by atoms with Crippen LogP contribution < -0.4 is 14.5 Å². The average molecular weight is 480 g/mol. The van der Waals surface area contributed by atoms with Crippen molar-refractivity contribution >= 4 is 27.3 Å². The van der Waals surface area contributed by atoms with Crippen molar-refractivity contribution in [3.8, 4) is 0 Å². The molecule has 1 aliphatic rings. The fraction of sp³-hybridized carbons (Fsp3) is 0.269. The van der Waals surface area contributed by atoms with Crippen LogP contribution in [0.3, 0.4) is 0 Å². The van der Waals surface area contributed by atoms with Gasteiger partial charge in [-0.15, -0.1) is 0 Å². The first-order valence-corrected chi connectivity index (χ1v) is 12.7. The number of hydrogen-bond donors (Lipinski definition) is 1. The zero-order chi connectivity index (χ0) is 24.0. The van der Waals surface area contributed by atoms with Crippen LogP contribution in [0.1, 0.15) is 11.1 Å². The van der Waals surface area contributed by atoms with E-state index in [1.165, 1.54) is 12.1 Å². The zero-order valence-corrected chi connectivity index (χ0v) is 20.0. The molecule has 178 valence electrons. The number of hydrogen-bond acceptors (Lipinski definition) is 5. The van der Waals surface area contributed by atoms with Crippen LogP contribution in [0, 0.1) is 6.92 Å². The number of morpholine rings is 1. The minimum absolute atomic E-state index is 0.142. The molecule has 3 aromatic rings. The second kappa shape index (κ2) is 10.7. The Bertz CT molecular complexity index is 1210. The highest BCUT2D eigenvalue weighted by Crippen LogP contribution is 2.24. The third-order valence-electron chi connectivity index (χ3n) is 5.71. The van der Waals surface area contributed by atoms with Gasteiger partial charge in [-0.1, -0.05) is 42.5 Å². The number of rotatable bonds is 8. The Kier molecular flexibility index (Phi) is 7.49. The second-order valence-corrected chi connectivity index (χ2v) is 10.1. The first-order valence-electron chi connectivity index (χ1n) is 11.3. The number of carbonyl (C=O) groups excluding carboxylic acids is 1. The maximum absolute atomic E-state index is 13.4. The molecule has 1 N–H and O–H groups in total. The summed E-state index contributed by atoms with van der Waals surface area (Å²) in [6.07, 6.45) is 0. The van der Waals surface area contributed by atoms with Gasteiger partial charge in [0.25, 0.3) is 10.0 Å². The quantitative estimate of drug-likeness (QED) is 0.536. The molecule has 1 fully saturated rings. The third kappa shape index (κ3) is 5.76. The standard InChI is InChI=1S/C26H29N3O4S/c1-21-6-5-7-24(18-21)29(34(31,32)25-8-3-2-4-9-25)20-26(30)27-19-22-10-12-23(13-11-22)28-14-16-33-17-15-28/h2-13,18H,14-17,19-20H2,1H3,(H,27,30). The maximum atomic E-state index is 13.4. The summed E-state index contributed by atoms with van der Waals surface area (Å²) in [6.45, 7) is 5.06. The molecule has 4 rings (SSSR count). The molecule has 0 saturated carbocycles. The largest absolute Gasteiger partial charge is 0.378 e. The van der Waals surface area contributed by atoms with Gasteiger partial charge < -0.3 is 15.0 Å². The van der Waals surface area contributed by atoms with Gasteiger partial charge in [0.1, 0.15) is 6.54 Å². The average Bonchev–Trinajstić information content (AvgIpc) is 2.87. The van der Waals surface area contributed by atoms with Crippen molar-refractivity contribution in [1.29, 1.82) is 0 Å². The van der Waals surface area contributed by atoms with E-state index in [2.05, 4.69) is 10.2 Å². The monoisotopic (exact) mass is 479 g/mol. The molecule has 3 aromatic carbocycles. The number of carbonyl (C=O) groups is 1. The summed E-state index contributed by atoms with van der Waals surface area (Å²) >= 11 is 0. The predicted octanol–water partition coefficient (Wildman–Crippen LogP) is 3.34. The SMILES string of the molecule is Cc1cccc(N(CC(=O)NCc2ccc(N3CCOCC3)cc2)S(=O)(=O)c2ccccc2)c1. The van der Waals surface area contributed by atoms with Crippen LogP contribution in [0.15, 0.2) is 83.8 Å². The van der Waals surface area contributed by atoms with Crippen molar-refractivity contribution in [3.05, 3.63) is 90.0 Å². The molecule has 0 radical (unpaired) electrons. The number of amides is 1. The van der Waals surface area contributed by atoms with Gasteiger partial charge in [-0.05, 0) is 54.4 Å². The summed E-state index contributed by atoms with van der Waals surface area (Å²) in [4.78, 5) is 15.2. The lowest BCUT2D eigenvalue weighted by Gasteiger charge is -2.29. The molecular weight excluding hydrogens is 450 g/mol. The van der Waals surface area contributed by atoms with Crippen molar-refractivity contribution in [2.75, 3.05) is 42.1 Å². The van der Waals surface area contributed by atoms with Crippen LogP contribution in [-0.2, 0) is 26.1 Å². The minimum Gasteiger partial charge on any atom is -0.378 e. The molecule has 1 saturated heterocycles. The van der Waals surface area contributed by atoms with Gasteiger partial charge in [-0.25, -0.2) is 8.42 Å². The Hall–Kier alpha value is -3.36. The molecule has 0 spiro atoms. The topological polar surface area (TPSA) is 79.0 Å². The van der Waals surface area contributed by atoms with Crippen molar-refractivity contribution in [2.45, 2.75) is 18.4 Å². The van der Waals surface area contributed by atoms with E-state index >= 15 is 0 Å². The van der Waals surface area contributed by atoms with Crippen LogP contribution in [-0.4, -0.2) is 47.2 Å². The molecular formula is C26H29N3O4S. The Morgan fingerprint density at radius 2 is 1.68 bits per heavy atom. The summed E-state index contributed by atoms with van der Waals surface area (Å²) in [5.41, 5.74) is 3.43. The molecule has 1 aliphatic heterocycles. The Labute approximate surface area is 201 Å². The Morgan fingerprint density at radius 3 is 2.35 bits per heavy atom. The highest BCUT2D eigenvalue weighted by atomic mass is 32.2. The Morgan fingerprint density at radius 1 is 0.971 bits per heavy atom. The fourth-order valence-electron chi connectivity index (χ4n) is 3.85. The van der Waals surface area contributed by atoms with Gasteiger partial charge in [0, 0.05) is 25.3 Å². The summed E-state index contributed by atoms with van der Waals surface area (Å²) in [7, 11) is -3.91. The zero-order valence-electron chi connectivity index (χ0n) is 19.2. The van der Waals surface area contributed by atoms with E-state index in [0.29, 0.717) is 12.2 Å². The second-order valence-electron chi connectivity index (χ2n) is 8.21. The molecule has 0 bridgehead atoms. The van der Waals surface area contributed by atoms with Crippen molar-refractivity contribution in [1.82, 2.24) is 5.32 Å². The smallest absolute Gasteiger partial charge is 0.264 e. The van der Waals surface area contributed by atoms with Crippen molar-refractivity contribution < 1.29 is 17.9 Å². The number of nitrogens with one attached hydrogen (secondary N) is 1. The van der Waals surface area contributed by atoms with Crippen molar-refractivity contribution in [2.24, 2.45) is 0 Å². The van der Waals surface area contributed by atoms with E-state index in [9.17, 15) is 13.2 Å². The van der Waals surface area contributed by atoms with E-state index in [-0.39, 0.29) is 17.3 Å². The highest BCUT2D eigenvalue weighted by Gasteiger charge is 2.27. The third-order valence-corrected chi connectivity index (χ3v) is 7.50. The van der Waals surface area contributed by atoms with Gasteiger partial charge in [0.05, 0.1) is 23.8 Å². The van der Waals surface area contributed by atoms with E-state index < -0.39 is 10.0 Å². The van der Waals surface area contributed by atoms with Gasteiger partial charge in [0.15, 0.2) is 0 Å². The van der Waals surface area contributed by atoms with Crippen LogP contribution in [0.4, 0.5) is 11.4 Å². The predicted molar refractivity (Wildman–Crippen MR) is 133 cm³/mol. The van der Waals surface area contributed by atoms with Crippen LogP contribution in [0.25, 0.3) is 0 Å². The van der Waals surface area contributed by atoms with Crippen LogP contribution in [0.5, 0.6) is 0 Å². The first kappa shape index (κ1) is 23.8. The van der Waals surface area contributed by atoms with Gasteiger partial charge in [0.2, 0.25) is 5.91 Å². The summed E-state index contributed by atoms with van der Waals surface area (Å²) < 4.78 is 33.3. The minimum atomic E-state index is -3.91. The molecule has 0 unspecified atom stereocenters. The fourth-order valence-corrected chi connectivity index (χ4v) is 5.28. The highest BCUT2D eigenvalue weighted by molar-refractivity contribution is 7.92. The van der Waals surface area contributed by atoms with Gasteiger partial charge in [-0.3, -0.25) is 9.10 Å². The summed E-state index contributed by atoms with van der Waals surface area (Å²) in [5.74, 6) is -0.377. The van der Waals surface area contributed by atoms with E-state index in [0.717, 1.165) is 47.4 Å². The molecule has 34 heavy (non-hydrogen) atoms. The number of nitrogens with zero attached hydrogens (tertiary/aromatic N) is 2. The van der Waals surface area contributed by atoms with E-state index in [1.54, 1.807) is 36.4 Å². The molecule has 0 aromatic heterocycles. The first-order chi connectivity index (χ1) is 16.4. The van der Waals surface area contributed by atoms with E-state index in [1.807, 2.05) is 37.3 Å². The molecule has 1 amide bonds. The lowest BCUT2D eigenvalue weighted by Crippen LogP contribution is -2.40. The van der Waals surface area contributed by atoms with Crippen LogP contribution >= 0.6 is 0 Å². The summed E-state index contributed by atoms with van der Waals surface area (Å²) in [6, 6.07) is 23.3. The lowest BCUT2D eigenvalue weighted by atomic mass is 10.2. The number of ether oxygens (including phenoxy) is 1. The number of benzene rings is 3. The summed E-state index contributed by atoms with van der Waals surface area (Å²) in [5, 5.41) is 2.86. The molecule has 0 atom stereocenters. The van der Waals surface area contributed by atoms with Gasteiger partial charge in [-0.2, -0.15) is 0 Å². The molecule has 1 heterocycles. The van der Waals surface area contributed by atoms with Gasteiger partial charge >= 0.3 is 0 Å². The lowest BCUT2D eigenvalue weighted by molar-refractivity contribution is -0.119. The normalized spacial score (nSPS) is 14.0. The number of sulfonamides is 1.